The highest BCUT2D eigenvalue weighted by Gasteiger charge is 2.32. The molecule has 0 amide bonds. The fourth-order valence-corrected chi connectivity index (χ4v) is 4.53. The van der Waals surface area contributed by atoms with Crippen molar-refractivity contribution >= 4 is 0 Å². The van der Waals surface area contributed by atoms with E-state index in [1.165, 1.54) is 51.4 Å². The van der Waals surface area contributed by atoms with Crippen molar-refractivity contribution in [2.24, 2.45) is 23.7 Å². The van der Waals surface area contributed by atoms with E-state index >= 15 is 0 Å². The third-order valence-corrected chi connectivity index (χ3v) is 6.04. The molecule has 124 valence electrons. The molecule has 2 rings (SSSR count). The number of hydrogen-bond donors (Lipinski definition) is 1. The van der Waals surface area contributed by atoms with Crippen LogP contribution in [0.5, 0.6) is 0 Å². The van der Waals surface area contributed by atoms with Gasteiger partial charge in [0, 0.05) is 6.04 Å². The first-order valence-electron chi connectivity index (χ1n) is 9.40. The topological polar surface area (TPSA) is 21.3 Å². The molecule has 0 aliphatic heterocycles. The molecule has 2 fully saturated rings. The summed E-state index contributed by atoms with van der Waals surface area (Å²) in [5.41, 5.74) is 0. The molecule has 0 aromatic heterocycles. The maximum atomic E-state index is 6.47. The normalized spacial score (nSPS) is 33.3. The third-order valence-electron chi connectivity index (χ3n) is 6.04. The van der Waals surface area contributed by atoms with Gasteiger partial charge in [-0.15, -0.1) is 0 Å². The summed E-state index contributed by atoms with van der Waals surface area (Å²) in [6, 6.07) is 0.565. The molecule has 0 spiro atoms. The van der Waals surface area contributed by atoms with Crippen molar-refractivity contribution < 1.29 is 4.74 Å². The zero-order chi connectivity index (χ0) is 15.2. The van der Waals surface area contributed by atoms with Gasteiger partial charge in [-0.3, -0.25) is 0 Å². The smallest absolute Gasteiger partial charge is 0.0626 e. The van der Waals surface area contributed by atoms with Gasteiger partial charge in [0.05, 0.1) is 12.7 Å². The van der Waals surface area contributed by atoms with Gasteiger partial charge in [-0.1, -0.05) is 46.5 Å². The average molecular weight is 296 g/mol. The van der Waals surface area contributed by atoms with Crippen LogP contribution in [0.25, 0.3) is 0 Å². The highest BCUT2D eigenvalue weighted by atomic mass is 16.5. The summed E-state index contributed by atoms with van der Waals surface area (Å²) in [6.07, 6.45) is 11.6. The Morgan fingerprint density at radius 2 is 1.76 bits per heavy atom. The Morgan fingerprint density at radius 1 is 1.05 bits per heavy atom. The molecular formula is C19H37NO. The van der Waals surface area contributed by atoms with Crippen LogP contribution < -0.4 is 5.32 Å². The highest BCUT2D eigenvalue weighted by Crippen LogP contribution is 2.36. The molecular weight excluding hydrogens is 258 g/mol. The Morgan fingerprint density at radius 3 is 2.38 bits per heavy atom. The van der Waals surface area contributed by atoms with Gasteiger partial charge in [-0.25, -0.2) is 0 Å². The van der Waals surface area contributed by atoms with Crippen molar-refractivity contribution in [3.05, 3.63) is 0 Å². The Kier molecular flexibility index (Phi) is 7.01. The molecule has 4 atom stereocenters. The van der Waals surface area contributed by atoms with E-state index in [1.807, 2.05) is 0 Å². The number of likely N-dealkylation sites (N-methyl/N-ethyl adjacent to an activating group) is 1. The standard InChI is InChI=1S/C19H37NO/c1-14(2)17-11-10-15(3)12-19(17)21-13-18(20-4)16-8-6-5-7-9-16/h14-20H,5-13H2,1-4H3. The predicted molar refractivity (Wildman–Crippen MR) is 90.5 cm³/mol. The van der Waals surface area contributed by atoms with E-state index < -0.39 is 0 Å². The number of rotatable bonds is 6. The summed E-state index contributed by atoms with van der Waals surface area (Å²) in [5, 5.41) is 3.54. The van der Waals surface area contributed by atoms with Gasteiger partial charge in [0.1, 0.15) is 0 Å². The van der Waals surface area contributed by atoms with Crippen LogP contribution in [0, 0.1) is 23.7 Å². The average Bonchev–Trinajstić information content (AvgIpc) is 2.48. The second kappa shape index (κ2) is 8.53. The molecule has 0 radical (unpaired) electrons. The minimum Gasteiger partial charge on any atom is -0.376 e. The van der Waals surface area contributed by atoms with Crippen LogP contribution in [-0.4, -0.2) is 25.8 Å². The van der Waals surface area contributed by atoms with E-state index in [0.717, 1.165) is 30.3 Å². The van der Waals surface area contributed by atoms with Crippen molar-refractivity contribution in [3.63, 3.8) is 0 Å². The van der Waals surface area contributed by atoms with Crippen LogP contribution in [0.15, 0.2) is 0 Å². The van der Waals surface area contributed by atoms with Gasteiger partial charge in [0.25, 0.3) is 0 Å². The lowest BCUT2D eigenvalue weighted by Gasteiger charge is -2.39. The second-order valence-corrected chi connectivity index (χ2v) is 7.99. The summed E-state index contributed by atoms with van der Waals surface area (Å²) in [5.74, 6) is 3.20. The monoisotopic (exact) mass is 295 g/mol. The van der Waals surface area contributed by atoms with Crippen LogP contribution in [-0.2, 0) is 4.74 Å². The molecule has 4 unspecified atom stereocenters. The number of hydrogen-bond acceptors (Lipinski definition) is 2. The van der Waals surface area contributed by atoms with Crippen LogP contribution in [0.4, 0.5) is 0 Å². The lowest BCUT2D eigenvalue weighted by molar-refractivity contribution is -0.0516. The lowest BCUT2D eigenvalue weighted by Crippen LogP contribution is -2.42. The molecule has 0 heterocycles. The van der Waals surface area contributed by atoms with E-state index in [-0.39, 0.29) is 0 Å². The lowest BCUT2D eigenvalue weighted by atomic mass is 9.75. The molecule has 0 aromatic rings. The van der Waals surface area contributed by atoms with Crippen molar-refractivity contribution in [1.82, 2.24) is 5.32 Å². The maximum Gasteiger partial charge on any atom is 0.0626 e. The molecule has 0 aromatic carbocycles. The van der Waals surface area contributed by atoms with Crippen LogP contribution in [0.2, 0.25) is 0 Å². The Bertz CT molecular complexity index is 285. The van der Waals surface area contributed by atoms with Crippen molar-refractivity contribution in [2.75, 3.05) is 13.7 Å². The van der Waals surface area contributed by atoms with Crippen molar-refractivity contribution in [1.29, 1.82) is 0 Å². The highest BCUT2D eigenvalue weighted by molar-refractivity contribution is 4.83. The first-order valence-corrected chi connectivity index (χ1v) is 9.40. The zero-order valence-electron chi connectivity index (χ0n) is 14.7. The van der Waals surface area contributed by atoms with E-state index in [4.69, 9.17) is 4.74 Å². The summed E-state index contributed by atoms with van der Waals surface area (Å²) >= 11 is 0. The molecule has 2 aliphatic carbocycles. The molecule has 1 N–H and O–H groups in total. The maximum absolute atomic E-state index is 6.47. The van der Waals surface area contributed by atoms with E-state index in [1.54, 1.807) is 0 Å². The Labute approximate surface area is 132 Å². The van der Waals surface area contributed by atoms with Gasteiger partial charge in [0.2, 0.25) is 0 Å². The summed E-state index contributed by atoms with van der Waals surface area (Å²) < 4.78 is 6.47. The largest absolute Gasteiger partial charge is 0.376 e. The van der Waals surface area contributed by atoms with Crippen molar-refractivity contribution in [2.45, 2.75) is 84.3 Å². The minimum atomic E-state index is 0.494. The third kappa shape index (κ3) is 4.96. The van der Waals surface area contributed by atoms with E-state index in [9.17, 15) is 0 Å². The molecule has 21 heavy (non-hydrogen) atoms. The van der Waals surface area contributed by atoms with Crippen LogP contribution >= 0.6 is 0 Å². The summed E-state index contributed by atoms with van der Waals surface area (Å²) in [6.45, 7) is 8.05. The molecule has 2 heteroatoms. The van der Waals surface area contributed by atoms with Crippen LogP contribution in [0.3, 0.4) is 0 Å². The molecule has 2 aliphatic rings. The quantitative estimate of drug-likeness (QED) is 0.771. The predicted octanol–water partition coefficient (Wildman–Crippen LogP) is 4.63. The first-order chi connectivity index (χ1) is 10.1. The van der Waals surface area contributed by atoms with Gasteiger partial charge >= 0.3 is 0 Å². The zero-order valence-corrected chi connectivity index (χ0v) is 14.7. The molecule has 2 saturated carbocycles. The van der Waals surface area contributed by atoms with Gasteiger partial charge in [-0.05, 0) is 56.4 Å². The summed E-state index contributed by atoms with van der Waals surface area (Å²) in [4.78, 5) is 0. The summed E-state index contributed by atoms with van der Waals surface area (Å²) in [7, 11) is 2.12. The fraction of sp³-hybridized carbons (Fsp3) is 1.00. The van der Waals surface area contributed by atoms with Crippen molar-refractivity contribution in [3.8, 4) is 0 Å². The SMILES string of the molecule is CNC(COC1CC(C)CCC1C(C)C)C1CCCCC1. The van der Waals surface area contributed by atoms with E-state index in [2.05, 4.69) is 33.1 Å². The number of nitrogens with one attached hydrogen (secondary N) is 1. The fourth-order valence-electron chi connectivity index (χ4n) is 4.53. The Hall–Kier alpha value is -0.0800. The van der Waals surface area contributed by atoms with E-state index in [0.29, 0.717) is 12.1 Å². The molecule has 0 bridgehead atoms. The first kappa shape index (κ1) is 17.3. The van der Waals surface area contributed by atoms with Gasteiger partial charge in [-0.2, -0.15) is 0 Å². The second-order valence-electron chi connectivity index (χ2n) is 7.99. The number of ether oxygens (including phenoxy) is 1. The Balaban J connectivity index is 1.85. The van der Waals surface area contributed by atoms with Gasteiger partial charge in [0.15, 0.2) is 0 Å². The van der Waals surface area contributed by atoms with Crippen LogP contribution in [0.1, 0.15) is 72.1 Å². The molecule has 0 saturated heterocycles. The van der Waals surface area contributed by atoms with Gasteiger partial charge < -0.3 is 10.1 Å². The molecule has 2 nitrogen and oxygen atoms in total. The minimum absolute atomic E-state index is 0.494.